The van der Waals surface area contributed by atoms with Crippen LogP contribution in [0.1, 0.15) is 38.9 Å². The number of thiophene rings is 1. The molecule has 3 aromatic rings. The molecule has 4 nitrogen and oxygen atoms in total. The number of carbonyl (C=O) groups is 2. The van der Waals surface area contributed by atoms with E-state index in [-0.39, 0.29) is 5.91 Å². The van der Waals surface area contributed by atoms with E-state index in [4.69, 9.17) is 4.74 Å². The minimum absolute atomic E-state index is 0.194. The minimum atomic E-state index is -0.471. The molecular weight excluding hydrogens is 334 g/mol. The van der Waals surface area contributed by atoms with Crippen LogP contribution in [-0.4, -0.2) is 19.0 Å². The zero-order valence-electron chi connectivity index (χ0n) is 14.2. The number of rotatable bonds is 5. The lowest BCUT2D eigenvalue weighted by Gasteiger charge is -2.10. The van der Waals surface area contributed by atoms with Crippen molar-refractivity contribution in [3.05, 3.63) is 64.5 Å². The highest BCUT2D eigenvalue weighted by Crippen LogP contribution is 2.33. The van der Waals surface area contributed by atoms with Gasteiger partial charge in [0.1, 0.15) is 0 Å². The molecule has 0 atom stereocenters. The average Bonchev–Trinajstić information content (AvgIpc) is 3.01. The van der Waals surface area contributed by atoms with E-state index in [9.17, 15) is 9.59 Å². The second kappa shape index (κ2) is 7.49. The summed E-state index contributed by atoms with van der Waals surface area (Å²) in [6.45, 7) is 2.10. The molecule has 0 aliphatic carbocycles. The van der Waals surface area contributed by atoms with Crippen LogP contribution < -0.4 is 5.32 Å². The van der Waals surface area contributed by atoms with E-state index in [1.807, 2.05) is 18.2 Å². The average molecular weight is 353 g/mol. The van der Waals surface area contributed by atoms with Gasteiger partial charge in [-0.1, -0.05) is 43.7 Å². The van der Waals surface area contributed by atoms with Gasteiger partial charge < -0.3 is 10.1 Å². The number of esters is 1. The standard InChI is InChI=1S/C20H19NO3S/c1-3-8-14-13-9-5-7-12-17(13)25-18(14)19(22)21-16-11-6-4-10-15(16)20(23)24-2/h4-7,9-12H,3,8H2,1-2H3,(H,21,22). The number of methoxy groups -OCH3 is 1. The van der Waals surface area contributed by atoms with E-state index >= 15 is 0 Å². The fraction of sp³-hybridized carbons (Fsp3) is 0.200. The Balaban J connectivity index is 1.99. The molecule has 0 fully saturated rings. The third kappa shape index (κ3) is 3.42. The van der Waals surface area contributed by atoms with Crippen molar-refractivity contribution in [2.75, 3.05) is 12.4 Å². The van der Waals surface area contributed by atoms with Crippen molar-refractivity contribution in [2.24, 2.45) is 0 Å². The summed E-state index contributed by atoms with van der Waals surface area (Å²) >= 11 is 1.48. The van der Waals surface area contributed by atoms with Gasteiger partial charge in [0.05, 0.1) is 23.2 Å². The highest BCUT2D eigenvalue weighted by Gasteiger charge is 2.20. The highest BCUT2D eigenvalue weighted by atomic mass is 32.1. The Morgan fingerprint density at radius 3 is 2.56 bits per heavy atom. The van der Waals surface area contributed by atoms with Crippen LogP contribution in [0.15, 0.2) is 48.5 Å². The van der Waals surface area contributed by atoms with Crippen LogP contribution in [0.3, 0.4) is 0 Å². The molecule has 0 saturated carbocycles. The first-order valence-electron chi connectivity index (χ1n) is 8.14. The number of hydrogen-bond acceptors (Lipinski definition) is 4. The van der Waals surface area contributed by atoms with Gasteiger partial charge in [0.25, 0.3) is 5.91 Å². The van der Waals surface area contributed by atoms with Crippen LogP contribution in [0.5, 0.6) is 0 Å². The van der Waals surface area contributed by atoms with E-state index in [2.05, 4.69) is 18.3 Å². The van der Waals surface area contributed by atoms with E-state index in [1.165, 1.54) is 18.4 Å². The summed E-state index contributed by atoms with van der Waals surface area (Å²) in [7, 11) is 1.33. The Morgan fingerprint density at radius 2 is 1.80 bits per heavy atom. The van der Waals surface area contributed by atoms with Gasteiger partial charge in [-0.2, -0.15) is 0 Å². The van der Waals surface area contributed by atoms with Gasteiger partial charge in [0, 0.05) is 4.70 Å². The van der Waals surface area contributed by atoms with Gasteiger partial charge in [0.15, 0.2) is 0 Å². The molecule has 2 aromatic carbocycles. The van der Waals surface area contributed by atoms with Crippen molar-refractivity contribution in [1.82, 2.24) is 0 Å². The molecule has 0 saturated heterocycles. The number of hydrogen-bond donors (Lipinski definition) is 1. The van der Waals surface area contributed by atoms with Crippen LogP contribution in [0, 0.1) is 0 Å². The molecule has 5 heteroatoms. The van der Waals surface area contributed by atoms with E-state index in [1.54, 1.807) is 24.3 Å². The lowest BCUT2D eigenvalue weighted by Crippen LogP contribution is -2.15. The number of anilines is 1. The number of aryl methyl sites for hydroxylation is 1. The predicted octanol–water partition coefficient (Wildman–Crippen LogP) is 4.89. The molecule has 1 aromatic heterocycles. The summed E-state index contributed by atoms with van der Waals surface area (Å²) in [5.41, 5.74) is 1.87. The number of fused-ring (bicyclic) bond motifs is 1. The predicted molar refractivity (Wildman–Crippen MR) is 102 cm³/mol. The van der Waals surface area contributed by atoms with E-state index in [0.29, 0.717) is 16.1 Å². The quantitative estimate of drug-likeness (QED) is 0.664. The van der Waals surface area contributed by atoms with Gasteiger partial charge in [-0.05, 0) is 35.6 Å². The molecule has 0 spiro atoms. The first-order valence-corrected chi connectivity index (χ1v) is 8.96. The summed E-state index contributed by atoms with van der Waals surface area (Å²) in [6, 6.07) is 14.9. The van der Waals surface area contributed by atoms with Crippen LogP contribution in [0.4, 0.5) is 5.69 Å². The van der Waals surface area contributed by atoms with Crippen LogP contribution in [0.2, 0.25) is 0 Å². The minimum Gasteiger partial charge on any atom is -0.465 e. The Morgan fingerprint density at radius 1 is 1.08 bits per heavy atom. The fourth-order valence-electron chi connectivity index (χ4n) is 2.84. The first kappa shape index (κ1) is 17.2. The first-order chi connectivity index (χ1) is 12.2. The second-order valence-electron chi connectivity index (χ2n) is 5.65. The molecule has 1 N–H and O–H groups in total. The molecular formula is C20H19NO3S. The third-order valence-corrected chi connectivity index (χ3v) is 5.20. The van der Waals surface area contributed by atoms with E-state index < -0.39 is 5.97 Å². The normalized spacial score (nSPS) is 10.6. The molecule has 25 heavy (non-hydrogen) atoms. The maximum Gasteiger partial charge on any atom is 0.339 e. The van der Waals surface area contributed by atoms with Crippen molar-refractivity contribution in [3.8, 4) is 0 Å². The SMILES string of the molecule is CCCc1c(C(=O)Nc2ccccc2C(=O)OC)sc2ccccc12. The smallest absolute Gasteiger partial charge is 0.339 e. The zero-order valence-corrected chi connectivity index (χ0v) is 15.0. The lowest BCUT2D eigenvalue weighted by molar-refractivity contribution is 0.0602. The van der Waals surface area contributed by atoms with Gasteiger partial charge in [-0.3, -0.25) is 4.79 Å². The number of nitrogens with one attached hydrogen (secondary N) is 1. The summed E-state index contributed by atoms with van der Waals surface area (Å²) in [5, 5.41) is 4.00. The second-order valence-corrected chi connectivity index (χ2v) is 6.70. The lowest BCUT2D eigenvalue weighted by atomic mass is 10.1. The Kier molecular flexibility index (Phi) is 5.14. The molecule has 128 valence electrons. The van der Waals surface area contributed by atoms with Crippen molar-refractivity contribution in [1.29, 1.82) is 0 Å². The number of carbonyl (C=O) groups excluding carboxylic acids is 2. The summed E-state index contributed by atoms with van der Waals surface area (Å²) < 4.78 is 5.88. The molecule has 1 heterocycles. The number of amides is 1. The maximum atomic E-state index is 12.9. The molecule has 0 bridgehead atoms. The molecule has 0 aliphatic heterocycles. The van der Waals surface area contributed by atoms with Crippen molar-refractivity contribution < 1.29 is 14.3 Å². The molecule has 1 amide bonds. The molecule has 0 radical (unpaired) electrons. The molecule has 3 rings (SSSR count). The Hall–Kier alpha value is -2.66. The van der Waals surface area contributed by atoms with Crippen LogP contribution >= 0.6 is 11.3 Å². The largest absolute Gasteiger partial charge is 0.465 e. The highest BCUT2D eigenvalue weighted by molar-refractivity contribution is 7.21. The zero-order chi connectivity index (χ0) is 17.8. The van der Waals surface area contributed by atoms with Crippen molar-refractivity contribution in [2.45, 2.75) is 19.8 Å². The van der Waals surface area contributed by atoms with Gasteiger partial charge in [-0.25, -0.2) is 4.79 Å². The Bertz CT molecular complexity index is 930. The van der Waals surface area contributed by atoms with Gasteiger partial charge in [0.2, 0.25) is 0 Å². The van der Waals surface area contributed by atoms with Crippen LogP contribution in [-0.2, 0) is 11.2 Å². The molecule has 0 aliphatic rings. The summed E-state index contributed by atoms with van der Waals surface area (Å²) in [5.74, 6) is -0.665. The summed E-state index contributed by atoms with van der Waals surface area (Å²) in [6.07, 6.45) is 1.80. The van der Waals surface area contributed by atoms with Crippen molar-refractivity contribution >= 4 is 39.0 Å². The number of ether oxygens (including phenoxy) is 1. The fourth-order valence-corrected chi connectivity index (χ4v) is 3.99. The monoisotopic (exact) mass is 353 g/mol. The molecule has 0 unspecified atom stereocenters. The van der Waals surface area contributed by atoms with E-state index in [0.717, 1.165) is 28.5 Å². The van der Waals surface area contributed by atoms with Gasteiger partial charge >= 0.3 is 5.97 Å². The number of benzene rings is 2. The maximum absolute atomic E-state index is 12.9. The third-order valence-electron chi connectivity index (χ3n) is 3.99. The van der Waals surface area contributed by atoms with Gasteiger partial charge in [-0.15, -0.1) is 11.3 Å². The Labute approximate surface area is 150 Å². The topological polar surface area (TPSA) is 55.4 Å². The number of para-hydroxylation sites is 1. The van der Waals surface area contributed by atoms with Crippen LogP contribution in [0.25, 0.3) is 10.1 Å². The van der Waals surface area contributed by atoms with Crippen molar-refractivity contribution in [3.63, 3.8) is 0 Å². The summed E-state index contributed by atoms with van der Waals surface area (Å²) in [4.78, 5) is 25.5.